The van der Waals surface area contributed by atoms with Gasteiger partial charge in [-0.15, -0.1) is 0 Å². The molecule has 0 radical (unpaired) electrons. The van der Waals surface area contributed by atoms with Crippen molar-refractivity contribution in [2.45, 2.75) is 0 Å². The van der Waals surface area contributed by atoms with Crippen LogP contribution < -0.4 is 0 Å². The Labute approximate surface area is 147 Å². The number of hydrogen-bond donors (Lipinski definition) is 0. The lowest BCUT2D eigenvalue weighted by atomic mass is 10.1. The van der Waals surface area contributed by atoms with Crippen LogP contribution in [0.2, 0.25) is 0 Å². The normalized spacial score (nSPS) is 11.3. The summed E-state index contributed by atoms with van der Waals surface area (Å²) in [5.41, 5.74) is 4.13. The third-order valence-corrected chi connectivity index (χ3v) is 4.24. The van der Waals surface area contributed by atoms with Crippen LogP contribution in [0.25, 0.3) is 39.5 Å². The fourth-order valence-corrected chi connectivity index (χ4v) is 2.96. The topological polar surface area (TPSA) is 56.0 Å². The summed E-state index contributed by atoms with van der Waals surface area (Å²) >= 11 is 0. The van der Waals surface area contributed by atoms with Crippen molar-refractivity contribution in [3.8, 4) is 22.6 Å². The second-order valence-electron chi connectivity index (χ2n) is 5.85. The van der Waals surface area contributed by atoms with E-state index in [9.17, 15) is 4.39 Å². The monoisotopic (exact) mass is 341 g/mol. The lowest BCUT2D eigenvalue weighted by molar-refractivity contribution is 0.630. The first kappa shape index (κ1) is 14.7. The molecule has 0 saturated carbocycles. The van der Waals surface area contributed by atoms with E-state index < -0.39 is 0 Å². The SMILES string of the molecule is Fc1ccccc1-c1ccn2c(-c3cnc4ccccc4n3)cnc2n1. The minimum absolute atomic E-state index is 0.309. The quantitative estimate of drug-likeness (QED) is 0.484. The highest BCUT2D eigenvalue weighted by Crippen LogP contribution is 2.24. The van der Waals surface area contributed by atoms with Crippen LogP contribution in [-0.4, -0.2) is 24.3 Å². The Bertz CT molecular complexity index is 1260. The van der Waals surface area contributed by atoms with Gasteiger partial charge in [0.1, 0.15) is 11.5 Å². The van der Waals surface area contributed by atoms with E-state index in [4.69, 9.17) is 0 Å². The predicted molar refractivity (Wildman–Crippen MR) is 96.9 cm³/mol. The lowest BCUT2D eigenvalue weighted by Crippen LogP contribution is -1.96. The van der Waals surface area contributed by atoms with Gasteiger partial charge in [0.15, 0.2) is 0 Å². The van der Waals surface area contributed by atoms with Gasteiger partial charge in [-0.2, -0.15) is 0 Å². The summed E-state index contributed by atoms with van der Waals surface area (Å²) in [4.78, 5) is 17.9. The Kier molecular flexibility index (Phi) is 3.21. The molecule has 5 rings (SSSR count). The molecule has 6 heteroatoms. The van der Waals surface area contributed by atoms with Crippen molar-refractivity contribution < 1.29 is 4.39 Å². The first-order chi connectivity index (χ1) is 12.8. The van der Waals surface area contributed by atoms with E-state index in [0.717, 1.165) is 16.7 Å². The zero-order valence-corrected chi connectivity index (χ0v) is 13.5. The van der Waals surface area contributed by atoms with Crippen molar-refractivity contribution in [3.63, 3.8) is 0 Å². The smallest absolute Gasteiger partial charge is 0.234 e. The molecule has 3 aromatic heterocycles. The Morgan fingerprint density at radius 3 is 2.42 bits per heavy atom. The Morgan fingerprint density at radius 2 is 1.54 bits per heavy atom. The molecule has 5 aromatic rings. The van der Waals surface area contributed by atoms with Crippen molar-refractivity contribution in [3.05, 3.63) is 79.0 Å². The summed E-state index contributed by atoms with van der Waals surface area (Å²) in [5.74, 6) is 0.173. The molecule has 0 fully saturated rings. The first-order valence-electron chi connectivity index (χ1n) is 8.11. The van der Waals surface area contributed by atoms with Gasteiger partial charge in [-0.25, -0.2) is 19.3 Å². The van der Waals surface area contributed by atoms with Crippen molar-refractivity contribution in [2.75, 3.05) is 0 Å². The van der Waals surface area contributed by atoms with E-state index in [1.807, 2.05) is 34.9 Å². The summed E-state index contributed by atoms with van der Waals surface area (Å²) in [6, 6.07) is 16.0. The molecule has 0 saturated heterocycles. The molecule has 2 aromatic carbocycles. The second-order valence-corrected chi connectivity index (χ2v) is 5.85. The molecule has 0 aliphatic carbocycles. The van der Waals surface area contributed by atoms with Crippen LogP contribution in [-0.2, 0) is 0 Å². The van der Waals surface area contributed by atoms with Crippen LogP contribution in [0.5, 0.6) is 0 Å². The number of hydrogen-bond acceptors (Lipinski definition) is 4. The number of nitrogens with zero attached hydrogens (tertiary/aromatic N) is 5. The average molecular weight is 341 g/mol. The van der Waals surface area contributed by atoms with Crippen LogP contribution in [0.1, 0.15) is 0 Å². The molecular formula is C20H12FN5. The van der Waals surface area contributed by atoms with Crippen LogP contribution in [0.3, 0.4) is 0 Å². The molecule has 0 unspecified atom stereocenters. The molecule has 5 nitrogen and oxygen atoms in total. The molecule has 0 amide bonds. The lowest BCUT2D eigenvalue weighted by Gasteiger charge is -2.05. The van der Waals surface area contributed by atoms with Crippen molar-refractivity contribution >= 4 is 16.8 Å². The number of para-hydroxylation sites is 2. The number of benzene rings is 2. The fraction of sp³-hybridized carbons (Fsp3) is 0. The number of aromatic nitrogens is 5. The van der Waals surface area contributed by atoms with Gasteiger partial charge in [0, 0.05) is 11.8 Å². The molecule has 0 aliphatic rings. The molecule has 0 aliphatic heterocycles. The van der Waals surface area contributed by atoms with Crippen LogP contribution in [0.4, 0.5) is 4.39 Å². The van der Waals surface area contributed by atoms with E-state index >= 15 is 0 Å². The number of fused-ring (bicyclic) bond motifs is 2. The molecule has 124 valence electrons. The maximum absolute atomic E-state index is 14.0. The molecule has 0 bridgehead atoms. The van der Waals surface area contributed by atoms with Crippen molar-refractivity contribution in [1.82, 2.24) is 24.3 Å². The van der Waals surface area contributed by atoms with Gasteiger partial charge in [0.2, 0.25) is 5.78 Å². The van der Waals surface area contributed by atoms with Crippen molar-refractivity contribution in [1.29, 1.82) is 0 Å². The van der Waals surface area contributed by atoms with E-state index in [1.165, 1.54) is 6.07 Å². The van der Waals surface area contributed by atoms with Crippen LogP contribution >= 0.6 is 0 Å². The molecular weight excluding hydrogens is 329 g/mol. The van der Waals surface area contributed by atoms with Crippen LogP contribution in [0.15, 0.2) is 73.2 Å². The number of rotatable bonds is 2. The molecule has 3 heterocycles. The number of halogens is 1. The summed E-state index contributed by atoms with van der Waals surface area (Å²) in [5, 5.41) is 0. The highest BCUT2D eigenvalue weighted by molar-refractivity contribution is 5.76. The summed E-state index contributed by atoms with van der Waals surface area (Å²) in [7, 11) is 0. The number of imidazole rings is 1. The van der Waals surface area contributed by atoms with Gasteiger partial charge in [-0.3, -0.25) is 9.38 Å². The standard InChI is InChI=1S/C20H12FN5/c21-14-6-2-1-5-13(14)15-9-10-26-19(12-23-20(26)25-15)18-11-22-16-7-3-4-8-17(16)24-18/h1-12H. The Balaban J connectivity index is 1.64. The van der Waals surface area contributed by atoms with E-state index in [-0.39, 0.29) is 5.82 Å². The van der Waals surface area contributed by atoms with Crippen molar-refractivity contribution in [2.24, 2.45) is 0 Å². The molecule has 26 heavy (non-hydrogen) atoms. The zero-order chi connectivity index (χ0) is 17.5. The summed E-state index contributed by atoms with van der Waals surface area (Å²) in [6.45, 7) is 0. The van der Waals surface area contributed by atoms with Gasteiger partial charge in [-0.1, -0.05) is 24.3 Å². The van der Waals surface area contributed by atoms with Gasteiger partial charge < -0.3 is 0 Å². The third-order valence-electron chi connectivity index (χ3n) is 4.24. The Morgan fingerprint density at radius 1 is 0.731 bits per heavy atom. The average Bonchev–Trinajstić information content (AvgIpc) is 3.11. The van der Waals surface area contributed by atoms with Crippen LogP contribution in [0, 0.1) is 5.82 Å². The molecule has 0 spiro atoms. The highest BCUT2D eigenvalue weighted by atomic mass is 19.1. The van der Waals surface area contributed by atoms with Gasteiger partial charge in [-0.05, 0) is 30.3 Å². The first-order valence-corrected chi connectivity index (χ1v) is 8.11. The minimum Gasteiger partial charge on any atom is -0.282 e. The molecule has 0 N–H and O–H groups in total. The largest absolute Gasteiger partial charge is 0.282 e. The highest BCUT2D eigenvalue weighted by Gasteiger charge is 2.12. The summed E-state index contributed by atoms with van der Waals surface area (Å²) in [6.07, 6.45) is 5.24. The molecule has 0 atom stereocenters. The van der Waals surface area contributed by atoms with E-state index in [0.29, 0.717) is 22.7 Å². The Hall–Kier alpha value is -3.67. The van der Waals surface area contributed by atoms with Gasteiger partial charge in [0.25, 0.3) is 0 Å². The zero-order valence-electron chi connectivity index (χ0n) is 13.5. The van der Waals surface area contributed by atoms with Gasteiger partial charge >= 0.3 is 0 Å². The third kappa shape index (κ3) is 2.31. The second kappa shape index (κ2) is 5.70. The predicted octanol–water partition coefficient (Wildman–Crippen LogP) is 4.15. The summed E-state index contributed by atoms with van der Waals surface area (Å²) < 4.78 is 15.8. The maximum atomic E-state index is 14.0. The maximum Gasteiger partial charge on any atom is 0.234 e. The van der Waals surface area contributed by atoms with E-state index in [2.05, 4.69) is 19.9 Å². The minimum atomic E-state index is -0.309. The van der Waals surface area contributed by atoms with E-state index in [1.54, 1.807) is 36.7 Å². The fourth-order valence-electron chi connectivity index (χ4n) is 2.96. The van der Waals surface area contributed by atoms with Gasteiger partial charge in [0.05, 0.1) is 34.8 Å².